The molecule has 0 aliphatic carbocycles. The van der Waals surface area contributed by atoms with Gasteiger partial charge in [-0.15, -0.1) is 11.8 Å². The highest BCUT2D eigenvalue weighted by Gasteiger charge is 2.22. The van der Waals surface area contributed by atoms with E-state index in [9.17, 15) is 9.59 Å². The first kappa shape index (κ1) is 16.5. The van der Waals surface area contributed by atoms with Gasteiger partial charge in [-0.05, 0) is 39.3 Å². The number of thioether (sulfide) groups is 1. The average Bonchev–Trinajstić information content (AvgIpc) is 2.38. The molecule has 1 unspecified atom stereocenters. The Labute approximate surface area is 123 Å². The molecule has 0 aliphatic rings. The van der Waals surface area contributed by atoms with Crippen LogP contribution in [0.5, 0.6) is 0 Å². The molecule has 1 aromatic rings. The molecule has 1 atom stereocenters. The Morgan fingerprint density at radius 1 is 1.50 bits per heavy atom. The second kappa shape index (κ2) is 6.74. The molecule has 0 spiro atoms. The maximum atomic E-state index is 12.1. The fourth-order valence-corrected chi connectivity index (χ4v) is 2.28. The Hall–Kier alpha value is -1.56. The summed E-state index contributed by atoms with van der Waals surface area (Å²) in [5.74, 6) is -1.13. The number of hydrogen-bond acceptors (Lipinski definition) is 4. The van der Waals surface area contributed by atoms with Gasteiger partial charge in [-0.1, -0.05) is 6.92 Å². The minimum Gasteiger partial charge on any atom is -0.477 e. The SMILES string of the molecule is CCC(C)(C)NC(=O)C(C)Sc1ccnc(C(=O)O)c1. The zero-order chi connectivity index (χ0) is 15.3. The highest BCUT2D eigenvalue weighted by atomic mass is 32.2. The van der Waals surface area contributed by atoms with E-state index in [-0.39, 0.29) is 22.4 Å². The number of carbonyl (C=O) groups is 2. The van der Waals surface area contributed by atoms with Gasteiger partial charge in [-0.25, -0.2) is 9.78 Å². The summed E-state index contributed by atoms with van der Waals surface area (Å²) >= 11 is 1.32. The van der Waals surface area contributed by atoms with Gasteiger partial charge in [0.15, 0.2) is 0 Å². The van der Waals surface area contributed by atoms with E-state index < -0.39 is 5.97 Å². The van der Waals surface area contributed by atoms with E-state index in [0.717, 1.165) is 6.42 Å². The van der Waals surface area contributed by atoms with Crippen LogP contribution in [0.4, 0.5) is 0 Å². The van der Waals surface area contributed by atoms with Crippen LogP contribution in [0.1, 0.15) is 44.6 Å². The third kappa shape index (κ3) is 4.85. The standard InChI is InChI=1S/C14H20N2O3S/c1-5-14(3,4)16-12(17)9(2)20-10-6-7-15-11(8-10)13(18)19/h6-9H,5H2,1-4H3,(H,16,17)(H,18,19). The van der Waals surface area contributed by atoms with E-state index in [0.29, 0.717) is 4.90 Å². The largest absolute Gasteiger partial charge is 0.477 e. The van der Waals surface area contributed by atoms with Crippen molar-refractivity contribution in [1.29, 1.82) is 0 Å². The van der Waals surface area contributed by atoms with E-state index in [1.165, 1.54) is 24.0 Å². The molecule has 20 heavy (non-hydrogen) atoms. The van der Waals surface area contributed by atoms with E-state index >= 15 is 0 Å². The van der Waals surface area contributed by atoms with Crippen molar-refractivity contribution in [3.8, 4) is 0 Å². The topological polar surface area (TPSA) is 79.3 Å². The number of pyridine rings is 1. The molecule has 0 aliphatic heterocycles. The third-order valence-electron chi connectivity index (χ3n) is 2.98. The molecule has 6 heteroatoms. The van der Waals surface area contributed by atoms with Crippen LogP contribution >= 0.6 is 11.8 Å². The third-order valence-corrected chi connectivity index (χ3v) is 4.07. The first-order valence-electron chi connectivity index (χ1n) is 6.43. The molecule has 2 N–H and O–H groups in total. The summed E-state index contributed by atoms with van der Waals surface area (Å²) in [7, 11) is 0. The predicted molar refractivity (Wildman–Crippen MR) is 79.0 cm³/mol. The zero-order valence-corrected chi connectivity index (χ0v) is 13.0. The lowest BCUT2D eigenvalue weighted by Gasteiger charge is -2.26. The first-order chi connectivity index (χ1) is 9.25. The zero-order valence-electron chi connectivity index (χ0n) is 12.1. The monoisotopic (exact) mass is 296 g/mol. The van der Waals surface area contributed by atoms with Crippen molar-refractivity contribution in [1.82, 2.24) is 10.3 Å². The van der Waals surface area contributed by atoms with E-state index in [2.05, 4.69) is 10.3 Å². The summed E-state index contributed by atoms with van der Waals surface area (Å²) < 4.78 is 0. The minimum absolute atomic E-state index is 0.0171. The molecule has 0 saturated carbocycles. The lowest BCUT2D eigenvalue weighted by Crippen LogP contribution is -2.46. The van der Waals surface area contributed by atoms with Gasteiger partial charge >= 0.3 is 5.97 Å². The number of carbonyl (C=O) groups excluding carboxylic acids is 1. The fourth-order valence-electron chi connectivity index (χ4n) is 1.38. The van der Waals surface area contributed by atoms with Gasteiger partial charge in [0.25, 0.3) is 0 Å². The number of hydrogen-bond donors (Lipinski definition) is 2. The number of carboxylic acids is 1. The highest BCUT2D eigenvalue weighted by Crippen LogP contribution is 2.24. The van der Waals surface area contributed by atoms with Crippen molar-refractivity contribution >= 4 is 23.6 Å². The van der Waals surface area contributed by atoms with Crippen molar-refractivity contribution in [3.05, 3.63) is 24.0 Å². The normalized spacial score (nSPS) is 12.8. The van der Waals surface area contributed by atoms with E-state index in [1.807, 2.05) is 20.8 Å². The van der Waals surface area contributed by atoms with Crippen LogP contribution in [0.25, 0.3) is 0 Å². The molecule has 0 saturated heterocycles. The van der Waals surface area contributed by atoms with Crippen molar-refractivity contribution < 1.29 is 14.7 Å². The van der Waals surface area contributed by atoms with Crippen molar-refractivity contribution in [2.45, 2.75) is 49.8 Å². The van der Waals surface area contributed by atoms with Gasteiger partial charge in [0.2, 0.25) is 5.91 Å². The highest BCUT2D eigenvalue weighted by molar-refractivity contribution is 8.00. The Balaban J connectivity index is 2.71. The lowest BCUT2D eigenvalue weighted by atomic mass is 10.0. The quantitative estimate of drug-likeness (QED) is 0.789. The van der Waals surface area contributed by atoms with Gasteiger partial charge in [0.05, 0.1) is 5.25 Å². The minimum atomic E-state index is -1.07. The molecule has 0 radical (unpaired) electrons. The number of aromatic nitrogens is 1. The van der Waals surface area contributed by atoms with Gasteiger partial charge in [-0.2, -0.15) is 0 Å². The molecule has 1 rings (SSSR count). The number of rotatable bonds is 6. The molecule has 1 amide bonds. The van der Waals surface area contributed by atoms with Gasteiger partial charge in [0, 0.05) is 16.6 Å². The van der Waals surface area contributed by atoms with Crippen LogP contribution in [0.2, 0.25) is 0 Å². The van der Waals surface area contributed by atoms with Crippen molar-refractivity contribution in [2.75, 3.05) is 0 Å². The van der Waals surface area contributed by atoms with Gasteiger partial charge < -0.3 is 10.4 Å². The Morgan fingerprint density at radius 3 is 2.70 bits per heavy atom. The van der Waals surface area contributed by atoms with E-state index in [1.54, 1.807) is 13.0 Å². The van der Waals surface area contributed by atoms with Crippen LogP contribution in [0.3, 0.4) is 0 Å². The summed E-state index contributed by atoms with van der Waals surface area (Å²) in [6, 6.07) is 3.17. The molecule has 0 aromatic carbocycles. The van der Waals surface area contributed by atoms with Crippen molar-refractivity contribution in [3.63, 3.8) is 0 Å². The van der Waals surface area contributed by atoms with Gasteiger partial charge in [-0.3, -0.25) is 4.79 Å². The van der Waals surface area contributed by atoms with Gasteiger partial charge in [0.1, 0.15) is 5.69 Å². The lowest BCUT2D eigenvalue weighted by molar-refractivity contribution is -0.121. The smallest absolute Gasteiger partial charge is 0.354 e. The fraction of sp³-hybridized carbons (Fsp3) is 0.500. The van der Waals surface area contributed by atoms with Crippen LogP contribution in [-0.2, 0) is 4.79 Å². The predicted octanol–water partition coefficient (Wildman–Crippen LogP) is 2.57. The molecule has 0 bridgehead atoms. The van der Waals surface area contributed by atoms with Crippen LogP contribution in [-0.4, -0.2) is 32.8 Å². The van der Waals surface area contributed by atoms with Crippen LogP contribution in [0, 0.1) is 0 Å². The Morgan fingerprint density at radius 2 is 2.15 bits per heavy atom. The van der Waals surface area contributed by atoms with Crippen molar-refractivity contribution in [2.24, 2.45) is 0 Å². The summed E-state index contributed by atoms with van der Waals surface area (Å²) in [4.78, 5) is 27.4. The number of carboxylic acid groups (broad SMARTS) is 1. The maximum Gasteiger partial charge on any atom is 0.354 e. The van der Waals surface area contributed by atoms with Crippen LogP contribution in [0.15, 0.2) is 23.2 Å². The molecular weight excluding hydrogens is 276 g/mol. The summed E-state index contributed by atoms with van der Waals surface area (Å²) in [6.45, 7) is 7.75. The maximum absolute atomic E-state index is 12.1. The molecule has 1 aromatic heterocycles. The summed E-state index contributed by atoms with van der Waals surface area (Å²) in [5.41, 5.74) is -0.257. The van der Waals surface area contributed by atoms with Crippen LogP contribution < -0.4 is 5.32 Å². The first-order valence-corrected chi connectivity index (χ1v) is 7.31. The summed E-state index contributed by atoms with van der Waals surface area (Å²) in [6.07, 6.45) is 2.28. The number of amides is 1. The summed E-state index contributed by atoms with van der Waals surface area (Å²) in [5, 5.41) is 11.6. The average molecular weight is 296 g/mol. The Bertz CT molecular complexity index is 503. The molecule has 0 fully saturated rings. The Kier molecular flexibility index (Phi) is 5.56. The second-order valence-electron chi connectivity index (χ2n) is 5.17. The number of nitrogens with one attached hydrogen (secondary N) is 1. The number of aromatic carboxylic acids is 1. The molecule has 5 nitrogen and oxygen atoms in total. The molecule has 1 heterocycles. The second-order valence-corrected chi connectivity index (χ2v) is 6.58. The molecule has 110 valence electrons. The number of nitrogens with zero attached hydrogens (tertiary/aromatic N) is 1. The molecular formula is C14H20N2O3S. The van der Waals surface area contributed by atoms with E-state index in [4.69, 9.17) is 5.11 Å².